The van der Waals surface area contributed by atoms with Gasteiger partial charge in [0.05, 0.1) is 16.1 Å². The number of halogens is 2. The van der Waals surface area contributed by atoms with E-state index in [0.29, 0.717) is 28.7 Å². The summed E-state index contributed by atoms with van der Waals surface area (Å²) in [5.74, 6) is -0.895. The second kappa shape index (κ2) is 5.50. The fourth-order valence-corrected chi connectivity index (χ4v) is 2.43. The highest BCUT2D eigenvalue weighted by Gasteiger charge is 2.42. The van der Waals surface area contributed by atoms with Crippen LogP contribution in [0.2, 0.25) is 10.0 Å². The Kier molecular flexibility index (Phi) is 4.11. The van der Waals surface area contributed by atoms with E-state index in [1.165, 1.54) is 4.90 Å². The molecule has 1 aromatic rings. The number of carbonyl (C=O) groups is 2. The van der Waals surface area contributed by atoms with Crippen LogP contribution in [0.15, 0.2) is 18.2 Å². The first-order chi connectivity index (χ1) is 9.32. The van der Waals surface area contributed by atoms with E-state index in [1.807, 2.05) is 0 Å². The highest BCUT2D eigenvalue weighted by molar-refractivity contribution is 6.35. The van der Waals surface area contributed by atoms with E-state index >= 15 is 0 Å². The van der Waals surface area contributed by atoms with Gasteiger partial charge < -0.3 is 15.3 Å². The second-order valence-electron chi connectivity index (χ2n) is 5.09. The first-order valence-electron chi connectivity index (χ1n) is 6.06. The predicted molar refractivity (Wildman–Crippen MR) is 77.4 cm³/mol. The number of benzene rings is 1. The van der Waals surface area contributed by atoms with Crippen LogP contribution in [-0.2, 0) is 4.79 Å². The number of hydrogen-bond acceptors (Lipinski definition) is 2. The van der Waals surface area contributed by atoms with Crippen LogP contribution in [0.5, 0.6) is 0 Å². The number of aliphatic carboxylic acids is 1. The zero-order valence-electron chi connectivity index (χ0n) is 10.8. The molecule has 1 unspecified atom stereocenters. The monoisotopic (exact) mass is 316 g/mol. The highest BCUT2D eigenvalue weighted by Crippen LogP contribution is 2.31. The topological polar surface area (TPSA) is 69.6 Å². The van der Waals surface area contributed by atoms with Gasteiger partial charge in [-0.3, -0.25) is 4.79 Å². The number of nitrogens with one attached hydrogen (secondary N) is 1. The minimum absolute atomic E-state index is 0.173. The quantitative estimate of drug-likeness (QED) is 0.879. The molecule has 0 aliphatic carbocycles. The molecule has 0 radical (unpaired) electrons. The van der Waals surface area contributed by atoms with Crippen molar-refractivity contribution in [1.82, 2.24) is 4.90 Å². The normalized spacial score (nSPS) is 21.9. The smallest absolute Gasteiger partial charge is 0.321 e. The van der Waals surface area contributed by atoms with Crippen molar-refractivity contribution in [1.29, 1.82) is 0 Å². The Balaban J connectivity index is 2.07. The third kappa shape index (κ3) is 2.99. The lowest BCUT2D eigenvalue weighted by molar-refractivity contribution is -0.146. The van der Waals surface area contributed by atoms with Crippen LogP contribution in [0.3, 0.4) is 0 Å². The first-order valence-corrected chi connectivity index (χ1v) is 6.82. The molecule has 0 spiro atoms. The van der Waals surface area contributed by atoms with E-state index in [4.69, 9.17) is 28.3 Å². The molecule has 1 aliphatic heterocycles. The maximum atomic E-state index is 12.1. The number of amides is 2. The largest absolute Gasteiger partial charge is 0.481 e. The van der Waals surface area contributed by atoms with Crippen molar-refractivity contribution in [2.75, 3.05) is 18.4 Å². The number of carbonyl (C=O) groups excluding carboxylic acids is 1. The van der Waals surface area contributed by atoms with Crippen molar-refractivity contribution in [3.05, 3.63) is 28.2 Å². The molecule has 108 valence electrons. The van der Waals surface area contributed by atoms with Crippen LogP contribution in [-0.4, -0.2) is 35.1 Å². The van der Waals surface area contributed by atoms with Gasteiger partial charge in [-0.15, -0.1) is 0 Å². The second-order valence-corrected chi connectivity index (χ2v) is 5.94. The Morgan fingerprint density at radius 1 is 1.40 bits per heavy atom. The zero-order valence-corrected chi connectivity index (χ0v) is 12.3. The highest BCUT2D eigenvalue weighted by atomic mass is 35.5. The lowest BCUT2D eigenvalue weighted by Crippen LogP contribution is -2.37. The summed E-state index contributed by atoms with van der Waals surface area (Å²) in [6.45, 7) is 2.20. The number of rotatable bonds is 2. The van der Waals surface area contributed by atoms with Gasteiger partial charge in [0.15, 0.2) is 0 Å². The van der Waals surface area contributed by atoms with Gasteiger partial charge in [0.1, 0.15) is 0 Å². The van der Waals surface area contributed by atoms with E-state index in [-0.39, 0.29) is 12.6 Å². The third-order valence-electron chi connectivity index (χ3n) is 3.45. The van der Waals surface area contributed by atoms with E-state index in [2.05, 4.69) is 5.32 Å². The Bertz CT molecular complexity index is 565. The molecule has 2 N–H and O–H groups in total. The molecular formula is C13H14Cl2N2O3. The van der Waals surface area contributed by atoms with Gasteiger partial charge in [0.2, 0.25) is 0 Å². The maximum Gasteiger partial charge on any atom is 0.321 e. The predicted octanol–water partition coefficient (Wildman–Crippen LogP) is 3.32. The van der Waals surface area contributed by atoms with E-state index in [1.54, 1.807) is 25.1 Å². The van der Waals surface area contributed by atoms with Gasteiger partial charge >= 0.3 is 12.0 Å². The van der Waals surface area contributed by atoms with Crippen molar-refractivity contribution in [3.63, 3.8) is 0 Å². The summed E-state index contributed by atoms with van der Waals surface area (Å²) >= 11 is 11.8. The first kappa shape index (κ1) is 14.9. The number of carboxylic acids is 1. The Morgan fingerprint density at radius 3 is 2.70 bits per heavy atom. The average molecular weight is 317 g/mol. The fraction of sp³-hybridized carbons (Fsp3) is 0.385. The average Bonchev–Trinajstić information content (AvgIpc) is 2.78. The van der Waals surface area contributed by atoms with Crippen LogP contribution < -0.4 is 5.32 Å². The van der Waals surface area contributed by atoms with Gasteiger partial charge in [-0.2, -0.15) is 0 Å². The van der Waals surface area contributed by atoms with Crippen LogP contribution >= 0.6 is 23.2 Å². The summed E-state index contributed by atoms with van der Waals surface area (Å²) in [4.78, 5) is 24.7. The van der Waals surface area contributed by atoms with Crippen molar-refractivity contribution >= 4 is 40.9 Å². The molecule has 1 saturated heterocycles. The van der Waals surface area contributed by atoms with Gasteiger partial charge in [0.25, 0.3) is 0 Å². The summed E-state index contributed by atoms with van der Waals surface area (Å²) < 4.78 is 0. The number of nitrogens with zero attached hydrogens (tertiary/aromatic N) is 1. The van der Waals surface area contributed by atoms with Gasteiger partial charge in [0, 0.05) is 18.1 Å². The number of anilines is 1. The van der Waals surface area contributed by atoms with E-state index < -0.39 is 11.4 Å². The molecule has 1 aromatic carbocycles. The summed E-state index contributed by atoms with van der Waals surface area (Å²) in [5, 5.41) is 12.6. The van der Waals surface area contributed by atoms with Crippen molar-refractivity contribution in [2.24, 2.45) is 5.41 Å². The molecular weight excluding hydrogens is 303 g/mol. The fourth-order valence-electron chi connectivity index (χ4n) is 2.10. The minimum Gasteiger partial charge on any atom is -0.481 e. The van der Waals surface area contributed by atoms with Crippen LogP contribution in [0.1, 0.15) is 13.3 Å². The number of likely N-dealkylation sites (tertiary alicyclic amines) is 1. The van der Waals surface area contributed by atoms with Gasteiger partial charge in [-0.1, -0.05) is 23.2 Å². The molecule has 1 atom stereocenters. The number of urea groups is 1. The summed E-state index contributed by atoms with van der Waals surface area (Å²) in [5.41, 5.74) is -0.483. The summed E-state index contributed by atoms with van der Waals surface area (Å²) in [6, 6.07) is 4.38. The molecule has 1 fully saturated rings. The Morgan fingerprint density at radius 2 is 2.10 bits per heavy atom. The lowest BCUT2D eigenvalue weighted by Gasteiger charge is -2.20. The molecule has 5 nitrogen and oxygen atoms in total. The van der Waals surface area contributed by atoms with Gasteiger partial charge in [-0.05, 0) is 31.5 Å². The standard InChI is InChI=1S/C13H14Cl2N2O3/c1-13(11(18)19)4-5-17(7-13)12(20)16-10-6-8(14)2-3-9(10)15/h2-3,6H,4-5,7H2,1H3,(H,16,20)(H,18,19). The summed E-state index contributed by atoms with van der Waals surface area (Å²) in [6.07, 6.45) is 0.430. The molecule has 2 rings (SSSR count). The maximum absolute atomic E-state index is 12.1. The van der Waals surface area contributed by atoms with E-state index in [9.17, 15) is 9.59 Å². The van der Waals surface area contributed by atoms with Crippen molar-refractivity contribution < 1.29 is 14.7 Å². The minimum atomic E-state index is -0.895. The number of carboxylic acid groups (broad SMARTS) is 1. The molecule has 1 heterocycles. The molecule has 20 heavy (non-hydrogen) atoms. The molecule has 0 aromatic heterocycles. The number of hydrogen-bond donors (Lipinski definition) is 2. The van der Waals surface area contributed by atoms with Crippen LogP contribution in [0.25, 0.3) is 0 Å². The van der Waals surface area contributed by atoms with Crippen LogP contribution in [0.4, 0.5) is 10.5 Å². The zero-order chi connectivity index (χ0) is 14.9. The molecule has 1 aliphatic rings. The van der Waals surface area contributed by atoms with Crippen LogP contribution in [0, 0.1) is 5.41 Å². The third-order valence-corrected chi connectivity index (χ3v) is 4.01. The lowest BCUT2D eigenvalue weighted by atomic mass is 9.90. The SMILES string of the molecule is CC1(C(=O)O)CCN(C(=O)Nc2cc(Cl)ccc2Cl)C1. The molecule has 2 amide bonds. The molecule has 7 heteroatoms. The summed E-state index contributed by atoms with van der Waals surface area (Å²) in [7, 11) is 0. The van der Waals surface area contributed by atoms with Gasteiger partial charge in [-0.25, -0.2) is 4.79 Å². The molecule has 0 saturated carbocycles. The Labute approximate surface area is 126 Å². The van der Waals surface area contributed by atoms with Crippen molar-refractivity contribution in [3.8, 4) is 0 Å². The molecule has 0 bridgehead atoms. The Hall–Kier alpha value is -1.46. The van der Waals surface area contributed by atoms with E-state index in [0.717, 1.165) is 0 Å². The van der Waals surface area contributed by atoms with Crippen molar-refractivity contribution in [2.45, 2.75) is 13.3 Å².